The van der Waals surface area contributed by atoms with Gasteiger partial charge in [0.05, 0.1) is 28.8 Å². The molecule has 0 bridgehead atoms. The average molecular weight is 261 g/mol. The van der Waals surface area contributed by atoms with Crippen LogP contribution in [-0.2, 0) is 4.74 Å². The number of nitro benzene ring substituents is 1. The van der Waals surface area contributed by atoms with Gasteiger partial charge in [0.2, 0.25) is 0 Å². The van der Waals surface area contributed by atoms with Crippen LogP contribution in [0.4, 0.5) is 11.4 Å². The molecule has 6 nitrogen and oxygen atoms in total. The summed E-state index contributed by atoms with van der Waals surface area (Å²) in [5.41, 5.74) is 0.943. The number of nitro groups is 1. The number of nitriles is 1. The Balaban J connectivity index is 2.41. The van der Waals surface area contributed by atoms with Gasteiger partial charge in [-0.05, 0) is 26.0 Å². The molecule has 1 heterocycles. The summed E-state index contributed by atoms with van der Waals surface area (Å²) in [5, 5.41) is 20.0. The molecule has 1 saturated heterocycles. The van der Waals surface area contributed by atoms with E-state index >= 15 is 0 Å². The molecular weight excluding hydrogens is 246 g/mol. The van der Waals surface area contributed by atoms with E-state index in [1.54, 1.807) is 6.07 Å². The zero-order valence-electron chi connectivity index (χ0n) is 10.9. The van der Waals surface area contributed by atoms with Gasteiger partial charge in [0, 0.05) is 19.2 Å². The first-order valence-corrected chi connectivity index (χ1v) is 6.10. The summed E-state index contributed by atoms with van der Waals surface area (Å²) in [6.45, 7) is 5.03. The van der Waals surface area contributed by atoms with Gasteiger partial charge in [-0.1, -0.05) is 0 Å². The zero-order chi connectivity index (χ0) is 14.0. The number of hydrogen-bond acceptors (Lipinski definition) is 5. The molecular formula is C13H15N3O3. The quantitative estimate of drug-likeness (QED) is 0.601. The lowest BCUT2D eigenvalue weighted by atomic mass is 10.1. The summed E-state index contributed by atoms with van der Waals surface area (Å²) < 4.78 is 5.62. The molecule has 1 aromatic carbocycles. The second-order valence-electron chi connectivity index (χ2n) is 4.73. The highest BCUT2D eigenvalue weighted by atomic mass is 16.6. The van der Waals surface area contributed by atoms with Crippen molar-refractivity contribution in [1.29, 1.82) is 5.26 Å². The van der Waals surface area contributed by atoms with Crippen molar-refractivity contribution in [2.45, 2.75) is 26.1 Å². The minimum Gasteiger partial charge on any atom is -0.372 e. The van der Waals surface area contributed by atoms with Gasteiger partial charge in [-0.15, -0.1) is 0 Å². The summed E-state index contributed by atoms with van der Waals surface area (Å²) in [7, 11) is 0. The lowest BCUT2D eigenvalue weighted by molar-refractivity contribution is -0.384. The highest BCUT2D eigenvalue weighted by Gasteiger charge is 2.27. The Bertz CT molecular complexity index is 528. The van der Waals surface area contributed by atoms with E-state index in [2.05, 4.69) is 0 Å². The van der Waals surface area contributed by atoms with Crippen molar-refractivity contribution < 1.29 is 9.66 Å². The van der Waals surface area contributed by atoms with Gasteiger partial charge >= 0.3 is 0 Å². The molecule has 0 amide bonds. The fourth-order valence-corrected chi connectivity index (χ4v) is 2.38. The maximum atomic E-state index is 11.1. The number of hydrogen-bond donors (Lipinski definition) is 0. The molecule has 0 saturated carbocycles. The molecule has 1 fully saturated rings. The van der Waals surface area contributed by atoms with Crippen molar-refractivity contribution >= 4 is 11.4 Å². The van der Waals surface area contributed by atoms with Crippen molar-refractivity contribution in [3.8, 4) is 6.07 Å². The molecule has 0 aliphatic carbocycles. The van der Waals surface area contributed by atoms with E-state index in [1.807, 2.05) is 24.8 Å². The second kappa shape index (κ2) is 5.24. The molecule has 2 rings (SSSR count). The number of rotatable bonds is 2. The van der Waals surface area contributed by atoms with Crippen LogP contribution in [0.3, 0.4) is 0 Å². The number of ether oxygens (including phenoxy) is 1. The Morgan fingerprint density at radius 1 is 1.42 bits per heavy atom. The Labute approximate surface area is 111 Å². The third-order valence-corrected chi connectivity index (χ3v) is 3.06. The lowest BCUT2D eigenvalue weighted by Gasteiger charge is -2.36. The molecule has 0 aromatic heterocycles. The number of anilines is 1. The predicted octanol–water partition coefficient (Wildman–Crippen LogP) is 2.08. The summed E-state index contributed by atoms with van der Waals surface area (Å²) in [6, 6.07) is 6.44. The van der Waals surface area contributed by atoms with Gasteiger partial charge in [-0.3, -0.25) is 10.1 Å². The van der Waals surface area contributed by atoms with Crippen LogP contribution < -0.4 is 4.90 Å². The van der Waals surface area contributed by atoms with Crippen LogP contribution in [0.5, 0.6) is 0 Å². The largest absolute Gasteiger partial charge is 0.372 e. The smallest absolute Gasteiger partial charge is 0.292 e. The van der Waals surface area contributed by atoms with Crippen molar-refractivity contribution in [1.82, 2.24) is 0 Å². The monoisotopic (exact) mass is 261 g/mol. The fraction of sp³-hybridized carbons (Fsp3) is 0.462. The van der Waals surface area contributed by atoms with Gasteiger partial charge in [0.25, 0.3) is 5.69 Å². The van der Waals surface area contributed by atoms with Crippen LogP contribution in [0, 0.1) is 21.4 Å². The van der Waals surface area contributed by atoms with Crippen LogP contribution in [0.1, 0.15) is 19.4 Å². The molecule has 1 aliphatic rings. The minimum atomic E-state index is -0.415. The topological polar surface area (TPSA) is 79.4 Å². The van der Waals surface area contributed by atoms with Crippen LogP contribution in [0.2, 0.25) is 0 Å². The van der Waals surface area contributed by atoms with Crippen molar-refractivity contribution in [2.24, 2.45) is 0 Å². The summed E-state index contributed by atoms with van der Waals surface area (Å²) >= 11 is 0. The lowest BCUT2D eigenvalue weighted by Crippen LogP contribution is -2.45. The van der Waals surface area contributed by atoms with Gasteiger partial charge in [-0.2, -0.15) is 5.26 Å². The highest BCUT2D eigenvalue weighted by molar-refractivity contribution is 5.66. The average Bonchev–Trinajstić information content (AvgIpc) is 2.36. The van der Waals surface area contributed by atoms with E-state index in [9.17, 15) is 10.1 Å². The van der Waals surface area contributed by atoms with Gasteiger partial charge in [-0.25, -0.2) is 0 Å². The molecule has 0 spiro atoms. The molecule has 6 heteroatoms. The van der Waals surface area contributed by atoms with E-state index in [4.69, 9.17) is 10.00 Å². The standard InChI is InChI=1S/C13H15N3O3/c1-9-7-15(8-10(2)19-9)13-5-11(6-14)3-4-12(13)16(17)18/h3-5,9-10H,7-8H2,1-2H3/t9-,10+. The molecule has 0 radical (unpaired) electrons. The van der Waals surface area contributed by atoms with Gasteiger partial charge in [0.1, 0.15) is 5.69 Å². The van der Waals surface area contributed by atoms with Crippen LogP contribution in [0.15, 0.2) is 18.2 Å². The number of morpholine rings is 1. The molecule has 1 aromatic rings. The minimum absolute atomic E-state index is 0.00842. The normalized spacial score (nSPS) is 22.9. The Morgan fingerprint density at radius 2 is 2.05 bits per heavy atom. The number of nitrogens with zero attached hydrogens (tertiary/aromatic N) is 3. The van der Waals surface area contributed by atoms with E-state index in [1.165, 1.54) is 12.1 Å². The van der Waals surface area contributed by atoms with Gasteiger partial charge in [0.15, 0.2) is 0 Å². The first-order valence-electron chi connectivity index (χ1n) is 6.10. The highest BCUT2D eigenvalue weighted by Crippen LogP contribution is 2.31. The molecule has 19 heavy (non-hydrogen) atoms. The Kier molecular flexibility index (Phi) is 3.67. The zero-order valence-corrected chi connectivity index (χ0v) is 10.9. The summed E-state index contributed by atoms with van der Waals surface area (Å²) in [6.07, 6.45) is 0.0168. The summed E-state index contributed by atoms with van der Waals surface area (Å²) in [4.78, 5) is 12.6. The van der Waals surface area contributed by atoms with E-state index in [0.717, 1.165) is 0 Å². The third-order valence-electron chi connectivity index (χ3n) is 3.06. The predicted molar refractivity (Wildman–Crippen MR) is 70.0 cm³/mol. The maximum absolute atomic E-state index is 11.1. The van der Waals surface area contributed by atoms with Crippen molar-refractivity contribution in [3.63, 3.8) is 0 Å². The van der Waals surface area contributed by atoms with Crippen molar-refractivity contribution in [2.75, 3.05) is 18.0 Å². The number of benzene rings is 1. The van der Waals surface area contributed by atoms with Crippen LogP contribution in [-0.4, -0.2) is 30.2 Å². The molecule has 0 N–H and O–H groups in total. The Hall–Kier alpha value is -2.13. The van der Waals surface area contributed by atoms with E-state index in [0.29, 0.717) is 24.3 Å². The van der Waals surface area contributed by atoms with Crippen LogP contribution >= 0.6 is 0 Å². The summed E-state index contributed by atoms with van der Waals surface area (Å²) in [5.74, 6) is 0. The third kappa shape index (κ3) is 2.83. The second-order valence-corrected chi connectivity index (χ2v) is 4.73. The molecule has 2 atom stereocenters. The maximum Gasteiger partial charge on any atom is 0.292 e. The SMILES string of the molecule is C[C@@H]1CN(c2cc(C#N)ccc2[N+](=O)[O-])C[C@H](C)O1. The molecule has 0 unspecified atom stereocenters. The van der Waals surface area contributed by atoms with E-state index in [-0.39, 0.29) is 17.9 Å². The molecule has 1 aliphatic heterocycles. The van der Waals surface area contributed by atoms with Crippen LogP contribution in [0.25, 0.3) is 0 Å². The first-order chi connectivity index (χ1) is 9.01. The Morgan fingerprint density at radius 3 is 2.58 bits per heavy atom. The van der Waals surface area contributed by atoms with E-state index < -0.39 is 4.92 Å². The molecule has 100 valence electrons. The van der Waals surface area contributed by atoms with Gasteiger partial charge < -0.3 is 9.64 Å². The fourth-order valence-electron chi connectivity index (χ4n) is 2.38. The van der Waals surface area contributed by atoms with Crippen molar-refractivity contribution in [3.05, 3.63) is 33.9 Å². The first kappa shape index (κ1) is 13.3.